The zero-order valence-electron chi connectivity index (χ0n) is 12.5. The fourth-order valence-corrected chi connectivity index (χ4v) is 2.72. The average Bonchev–Trinajstić information content (AvgIpc) is 3.02. The van der Waals surface area contributed by atoms with Crippen molar-refractivity contribution in [2.75, 3.05) is 31.9 Å². The number of anilines is 1. The molecular formula is C14H25N5O. The van der Waals surface area contributed by atoms with Gasteiger partial charge in [0.05, 0.1) is 11.4 Å². The first-order valence-electron chi connectivity index (χ1n) is 7.45. The molecule has 3 N–H and O–H groups in total. The van der Waals surface area contributed by atoms with Crippen LogP contribution in [0, 0.1) is 0 Å². The molecule has 1 amide bonds. The van der Waals surface area contributed by atoms with E-state index in [1.807, 2.05) is 6.92 Å². The number of hydrogen-bond donors (Lipinski definition) is 2. The van der Waals surface area contributed by atoms with Crippen LogP contribution in [-0.2, 0) is 13.5 Å². The highest BCUT2D eigenvalue weighted by Crippen LogP contribution is 2.16. The maximum absolute atomic E-state index is 12.1. The highest BCUT2D eigenvalue weighted by molar-refractivity contribution is 5.97. The zero-order chi connectivity index (χ0) is 14.5. The lowest BCUT2D eigenvalue weighted by atomic mass is 10.2. The van der Waals surface area contributed by atoms with Gasteiger partial charge in [0.25, 0.3) is 5.91 Å². The van der Waals surface area contributed by atoms with E-state index in [4.69, 9.17) is 5.73 Å². The Morgan fingerprint density at radius 1 is 1.40 bits per heavy atom. The van der Waals surface area contributed by atoms with Crippen molar-refractivity contribution in [1.29, 1.82) is 0 Å². The van der Waals surface area contributed by atoms with E-state index < -0.39 is 0 Å². The van der Waals surface area contributed by atoms with Gasteiger partial charge in [-0.2, -0.15) is 5.10 Å². The van der Waals surface area contributed by atoms with Gasteiger partial charge in [0, 0.05) is 13.6 Å². The Hall–Kier alpha value is -1.56. The molecule has 0 bridgehead atoms. The summed E-state index contributed by atoms with van der Waals surface area (Å²) in [5.74, 6) is -0.126. The van der Waals surface area contributed by atoms with E-state index >= 15 is 0 Å². The number of rotatable bonds is 6. The molecule has 0 aromatic carbocycles. The maximum atomic E-state index is 12.1. The minimum absolute atomic E-state index is 0.126. The molecule has 0 radical (unpaired) electrons. The smallest absolute Gasteiger partial charge is 0.271 e. The average molecular weight is 279 g/mol. The van der Waals surface area contributed by atoms with Crippen molar-refractivity contribution >= 4 is 11.6 Å². The third-order valence-corrected chi connectivity index (χ3v) is 3.85. The number of nitrogens with zero attached hydrogens (tertiary/aromatic N) is 3. The largest absolute Gasteiger partial charge is 0.395 e. The van der Waals surface area contributed by atoms with Crippen molar-refractivity contribution in [3.63, 3.8) is 0 Å². The first-order chi connectivity index (χ1) is 9.63. The minimum Gasteiger partial charge on any atom is -0.395 e. The van der Waals surface area contributed by atoms with Crippen LogP contribution in [0.4, 0.5) is 5.69 Å². The second-order valence-electron chi connectivity index (χ2n) is 5.34. The normalized spacial score (nSPS) is 15.7. The molecule has 20 heavy (non-hydrogen) atoms. The van der Waals surface area contributed by atoms with E-state index in [-0.39, 0.29) is 5.91 Å². The summed E-state index contributed by atoms with van der Waals surface area (Å²) in [6.07, 6.45) is 4.32. The molecule has 0 aliphatic carbocycles. The summed E-state index contributed by atoms with van der Waals surface area (Å²) in [5.41, 5.74) is 7.74. The molecule has 1 saturated heterocycles. The number of aryl methyl sites for hydroxylation is 2. The summed E-state index contributed by atoms with van der Waals surface area (Å²) in [5, 5.41) is 7.20. The second kappa shape index (κ2) is 6.74. The zero-order valence-corrected chi connectivity index (χ0v) is 12.5. The summed E-state index contributed by atoms with van der Waals surface area (Å²) in [7, 11) is 1.76. The summed E-state index contributed by atoms with van der Waals surface area (Å²) >= 11 is 0. The van der Waals surface area contributed by atoms with Crippen molar-refractivity contribution in [3.05, 3.63) is 11.4 Å². The summed E-state index contributed by atoms with van der Waals surface area (Å²) in [6.45, 7) is 6.12. The molecule has 6 nitrogen and oxygen atoms in total. The molecule has 1 aromatic rings. The number of nitrogen functional groups attached to an aromatic ring is 1. The standard InChI is InChI=1S/C14H25N5O/c1-3-11-12(15)13(18(2)17-11)14(20)16-7-6-10-19-8-4-5-9-19/h3-10,15H2,1-2H3,(H,16,20). The summed E-state index contributed by atoms with van der Waals surface area (Å²) < 4.78 is 1.57. The van der Waals surface area contributed by atoms with Crippen LogP contribution in [0.2, 0.25) is 0 Å². The Morgan fingerprint density at radius 2 is 2.10 bits per heavy atom. The fraction of sp³-hybridized carbons (Fsp3) is 0.714. The number of amides is 1. The third kappa shape index (κ3) is 3.30. The van der Waals surface area contributed by atoms with E-state index in [1.165, 1.54) is 25.9 Å². The van der Waals surface area contributed by atoms with E-state index in [0.29, 0.717) is 17.9 Å². The molecule has 1 aliphatic heterocycles. The van der Waals surface area contributed by atoms with Gasteiger partial charge in [-0.1, -0.05) is 6.92 Å². The van der Waals surface area contributed by atoms with Crippen molar-refractivity contribution in [2.24, 2.45) is 7.05 Å². The first-order valence-corrected chi connectivity index (χ1v) is 7.45. The Kier molecular flexibility index (Phi) is 5.00. The van der Waals surface area contributed by atoms with E-state index in [9.17, 15) is 4.79 Å². The van der Waals surface area contributed by atoms with E-state index in [0.717, 1.165) is 25.1 Å². The molecule has 0 atom stereocenters. The molecule has 0 spiro atoms. The minimum atomic E-state index is -0.126. The van der Waals surface area contributed by atoms with Crippen LogP contribution in [0.25, 0.3) is 0 Å². The first kappa shape index (κ1) is 14.8. The van der Waals surface area contributed by atoms with Gasteiger partial charge in [-0.25, -0.2) is 0 Å². The number of carbonyl (C=O) groups excluding carboxylic acids is 1. The number of nitrogens with two attached hydrogens (primary N) is 1. The molecule has 1 aromatic heterocycles. The molecule has 6 heteroatoms. The van der Waals surface area contributed by atoms with Crippen LogP contribution in [-0.4, -0.2) is 46.8 Å². The Bertz CT molecular complexity index is 462. The van der Waals surface area contributed by atoms with Crippen LogP contribution in [0.5, 0.6) is 0 Å². The molecule has 1 aliphatic rings. The predicted molar refractivity (Wildman–Crippen MR) is 79.6 cm³/mol. The van der Waals surface area contributed by atoms with Gasteiger partial charge in [-0.3, -0.25) is 9.48 Å². The molecule has 0 unspecified atom stereocenters. The summed E-state index contributed by atoms with van der Waals surface area (Å²) in [6, 6.07) is 0. The lowest BCUT2D eigenvalue weighted by Crippen LogP contribution is -2.30. The Balaban J connectivity index is 1.81. The van der Waals surface area contributed by atoms with Gasteiger partial charge in [-0.05, 0) is 45.3 Å². The van der Waals surface area contributed by atoms with Gasteiger partial charge in [0.15, 0.2) is 0 Å². The number of hydrogen-bond acceptors (Lipinski definition) is 4. The van der Waals surface area contributed by atoms with Crippen molar-refractivity contribution in [3.8, 4) is 0 Å². The Morgan fingerprint density at radius 3 is 2.70 bits per heavy atom. The van der Waals surface area contributed by atoms with Crippen LogP contribution in [0.1, 0.15) is 42.4 Å². The lowest BCUT2D eigenvalue weighted by molar-refractivity contribution is 0.0943. The topological polar surface area (TPSA) is 76.2 Å². The van der Waals surface area contributed by atoms with Crippen LogP contribution >= 0.6 is 0 Å². The molecular weight excluding hydrogens is 254 g/mol. The fourth-order valence-electron chi connectivity index (χ4n) is 2.72. The number of carbonyl (C=O) groups is 1. The van der Waals surface area contributed by atoms with Gasteiger partial charge >= 0.3 is 0 Å². The SMILES string of the molecule is CCc1nn(C)c(C(=O)NCCCN2CCCC2)c1N. The van der Waals surface area contributed by atoms with Crippen LogP contribution in [0.15, 0.2) is 0 Å². The predicted octanol–water partition coefficient (Wildman–Crippen LogP) is 0.780. The quantitative estimate of drug-likeness (QED) is 0.755. The maximum Gasteiger partial charge on any atom is 0.271 e. The molecule has 2 rings (SSSR count). The van der Waals surface area contributed by atoms with Crippen molar-refractivity contribution < 1.29 is 4.79 Å². The molecule has 0 saturated carbocycles. The lowest BCUT2D eigenvalue weighted by Gasteiger charge is -2.14. The number of aromatic nitrogens is 2. The van der Waals surface area contributed by atoms with Gasteiger partial charge in [-0.15, -0.1) is 0 Å². The molecule has 2 heterocycles. The molecule has 112 valence electrons. The Labute approximate surface area is 120 Å². The van der Waals surface area contributed by atoms with Crippen LogP contribution < -0.4 is 11.1 Å². The van der Waals surface area contributed by atoms with E-state index in [2.05, 4.69) is 15.3 Å². The number of nitrogens with one attached hydrogen (secondary N) is 1. The van der Waals surface area contributed by atoms with E-state index in [1.54, 1.807) is 11.7 Å². The van der Waals surface area contributed by atoms with Gasteiger partial charge < -0.3 is 16.0 Å². The third-order valence-electron chi connectivity index (χ3n) is 3.85. The highest BCUT2D eigenvalue weighted by Gasteiger charge is 2.18. The van der Waals surface area contributed by atoms with Crippen molar-refractivity contribution in [1.82, 2.24) is 20.0 Å². The van der Waals surface area contributed by atoms with Gasteiger partial charge in [0.1, 0.15) is 5.69 Å². The van der Waals surface area contributed by atoms with Crippen molar-refractivity contribution in [2.45, 2.75) is 32.6 Å². The molecule has 1 fully saturated rings. The summed E-state index contributed by atoms with van der Waals surface area (Å²) in [4.78, 5) is 14.6. The monoisotopic (exact) mass is 279 g/mol. The number of likely N-dealkylation sites (tertiary alicyclic amines) is 1. The second-order valence-corrected chi connectivity index (χ2v) is 5.34. The highest BCUT2D eigenvalue weighted by atomic mass is 16.2. The van der Waals surface area contributed by atoms with Crippen LogP contribution in [0.3, 0.4) is 0 Å². The van der Waals surface area contributed by atoms with Gasteiger partial charge in [0.2, 0.25) is 0 Å².